The highest BCUT2D eigenvalue weighted by molar-refractivity contribution is 5.25. The van der Waals surface area contributed by atoms with Crippen LogP contribution in [0.3, 0.4) is 0 Å². The van der Waals surface area contributed by atoms with Crippen LogP contribution in [0, 0.1) is 16.8 Å². The molecule has 3 rings (SSSR count). The first kappa shape index (κ1) is 17.0. The van der Waals surface area contributed by atoms with Gasteiger partial charge in [0.2, 0.25) is 0 Å². The highest BCUT2D eigenvalue weighted by Gasteiger charge is 2.33. The molecule has 0 amide bonds. The molecule has 1 saturated heterocycles. The highest BCUT2D eigenvalue weighted by atomic mass is 19.1. The molecular weight excluding hydrogens is 314 g/mol. The Hall–Kier alpha value is -1.86. The highest BCUT2D eigenvalue weighted by Crippen LogP contribution is 2.33. The summed E-state index contributed by atoms with van der Waals surface area (Å²) in [6.07, 6.45) is 0.469. The number of hydroxylamine groups is 2. The van der Waals surface area contributed by atoms with Crippen molar-refractivity contribution in [1.29, 1.82) is 0 Å². The molecule has 0 unspecified atom stereocenters. The number of piperidine rings is 1. The normalized spacial score (nSPS) is 22.0. The minimum atomic E-state index is -0.834. The fourth-order valence-electron chi connectivity index (χ4n) is 3.37. The Morgan fingerprint density at radius 2 is 1.92 bits per heavy atom. The van der Waals surface area contributed by atoms with Gasteiger partial charge in [-0.15, -0.1) is 0 Å². The predicted octanol–water partition coefficient (Wildman–Crippen LogP) is 3.51. The van der Waals surface area contributed by atoms with E-state index in [1.165, 1.54) is 0 Å². The van der Waals surface area contributed by atoms with Crippen molar-refractivity contribution in [3.05, 3.63) is 76.5 Å². The molecule has 0 bridgehead atoms. The third kappa shape index (κ3) is 3.79. The average molecular weight is 333 g/mol. The second kappa shape index (κ2) is 7.36. The zero-order valence-corrected chi connectivity index (χ0v) is 13.1. The smallest absolute Gasteiger partial charge is 0.126 e. The number of hydrogen-bond acceptors (Lipinski definition) is 4. The lowest BCUT2D eigenvalue weighted by Gasteiger charge is -2.44. The molecular formula is C18H19F2N2O2-. The van der Waals surface area contributed by atoms with Gasteiger partial charge in [-0.2, -0.15) is 0 Å². The Balaban J connectivity index is 1.78. The van der Waals surface area contributed by atoms with E-state index in [-0.39, 0.29) is 17.3 Å². The Kier molecular flexibility index (Phi) is 5.20. The lowest BCUT2D eigenvalue weighted by atomic mass is 9.85. The van der Waals surface area contributed by atoms with E-state index in [9.17, 15) is 19.2 Å². The van der Waals surface area contributed by atoms with Crippen molar-refractivity contribution in [2.75, 3.05) is 13.1 Å². The SMILES string of the molecule is [O-]N(O)[C@H]1CN(Cc2ccccc2)CC[C@@H]1c1cc(F)ccc1F. The maximum Gasteiger partial charge on any atom is 0.126 e. The molecule has 2 aromatic rings. The summed E-state index contributed by atoms with van der Waals surface area (Å²) < 4.78 is 27.5. The maximum atomic E-state index is 14.1. The number of rotatable bonds is 4. The minimum absolute atomic E-state index is 0.119. The molecule has 6 heteroatoms. The van der Waals surface area contributed by atoms with Crippen molar-refractivity contribution in [2.24, 2.45) is 0 Å². The van der Waals surface area contributed by atoms with E-state index in [1.807, 2.05) is 35.2 Å². The number of nitrogens with zero attached hydrogens (tertiary/aromatic N) is 2. The third-order valence-electron chi connectivity index (χ3n) is 4.56. The molecule has 4 nitrogen and oxygen atoms in total. The van der Waals surface area contributed by atoms with Crippen LogP contribution < -0.4 is 0 Å². The first-order valence-corrected chi connectivity index (χ1v) is 7.91. The molecule has 128 valence electrons. The van der Waals surface area contributed by atoms with E-state index in [2.05, 4.69) is 0 Å². The van der Waals surface area contributed by atoms with Gasteiger partial charge < -0.3 is 10.4 Å². The predicted molar refractivity (Wildman–Crippen MR) is 86.2 cm³/mol. The van der Waals surface area contributed by atoms with Crippen LogP contribution in [0.1, 0.15) is 23.5 Å². The van der Waals surface area contributed by atoms with Gasteiger partial charge >= 0.3 is 0 Å². The van der Waals surface area contributed by atoms with Crippen LogP contribution in [-0.2, 0) is 6.54 Å². The summed E-state index contributed by atoms with van der Waals surface area (Å²) in [5.74, 6) is -1.65. The third-order valence-corrected chi connectivity index (χ3v) is 4.56. The Morgan fingerprint density at radius 1 is 1.17 bits per heavy atom. The fraction of sp³-hybridized carbons (Fsp3) is 0.333. The second-order valence-electron chi connectivity index (χ2n) is 6.15. The van der Waals surface area contributed by atoms with E-state index in [4.69, 9.17) is 0 Å². The summed E-state index contributed by atoms with van der Waals surface area (Å²) in [5.41, 5.74) is 1.25. The first-order valence-electron chi connectivity index (χ1n) is 7.91. The molecule has 0 saturated carbocycles. The lowest BCUT2D eigenvalue weighted by molar-refractivity contribution is -0.105. The van der Waals surface area contributed by atoms with Crippen LogP contribution in [0.15, 0.2) is 48.5 Å². The summed E-state index contributed by atoms with van der Waals surface area (Å²) >= 11 is 0. The summed E-state index contributed by atoms with van der Waals surface area (Å²) in [7, 11) is 0. The molecule has 0 aliphatic carbocycles. The van der Waals surface area contributed by atoms with Crippen LogP contribution in [0.5, 0.6) is 0 Å². The molecule has 0 radical (unpaired) electrons. The Bertz CT molecular complexity index is 682. The molecule has 1 N–H and O–H groups in total. The van der Waals surface area contributed by atoms with Gasteiger partial charge in [0.1, 0.15) is 11.6 Å². The van der Waals surface area contributed by atoms with Gasteiger partial charge in [-0.25, -0.2) is 8.78 Å². The molecule has 24 heavy (non-hydrogen) atoms. The molecule has 0 spiro atoms. The molecule has 1 heterocycles. The first-order chi connectivity index (χ1) is 11.5. The van der Waals surface area contributed by atoms with Gasteiger partial charge in [0.15, 0.2) is 0 Å². The minimum Gasteiger partial charge on any atom is -0.762 e. The monoisotopic (exact) mass is 333 g/mol. The molecule has 1 aliphatic heterocycles. The zero-order valence-electron chi connectivity index (χ0n) is 13.1. The summed E-state index contributed by atoms with van der Waals surface area (Å²) in [6, 6.07) is 12.2. The van der Waals surface area contributed by atoms with Gasteiger partial charge in [-0.05, 0) is 42.3 Å². The van der Waals surface area contributed by atoms with Crippen LogP contribution in [0.25, 0.3) is 0 Å². The average Bonchev–Trinajstić information content (AvgIpc) is 2.58. The van der Waals surface area contributed by atoms with Crippen LogP contribution in [0.2, 0.25) is 0 Å². The van der Waals surface area contributed by atoms with Gasteiger partial charge in [-0.1, -0.05) is 30.3 Å². The standard InChI is InChI=1S/C18H19F2N2O2/c19-14-6-7-17(20)16(10-14)15-8-9-21(12-18(15)22(23)24)11-13-4-2-1-3-5-13/h1-7,10,15,18,23H,8-9,11-12H2/q-1/t15-,18+/m1/s1. The quantitative estimate of drug-likeness (QED) is 0.870. The van der Waals surface area contributed by atoms with Crippen molar-refractivity contribution < 1.29 is 14.0 Å². The van der Waals surface area contributed by atoms with Gasteiger partial charge in [0, 0.05) is 25.0 Å². The van der Waals surface area contributed by atoms with E-state index < -0.39 is 23.6 Å². The number of halogens is 2. The number of hydrogen-bond donors (Lipinski definition) is 1. The largest absolute Gasteiger partial charge is 0.762 e. The van der Waals surface area contributed by atoms with Crippen molar-refractivity contribution in [3.8, 4) is 0 Å². The second-order valence-corrected chi connectivity index (χ2v) is 6.15. The topological polar surface area (TPSA) is 49.8 Å². The van der Waals surface area contributed by atoms with Crippen molar-refractivity contribution >= 4 is 0 Å². The molecule has 0 aromatic heterocycles. The van der Waals surface area contributed by atoms with Gasteiger partial charge in [0.25, 0.3) is 0 Å². The number of likely N-dealkylation sites (tertiary alicyclic amines) is 1. The molecule has 2 aromatic carbocycles. The zero-order chi connectivity index (χ0) is 17.1. The molecule has 1 fully saturated rings. The summed E-state index contributed by atoms with van der Waals surface area (Å²) in [4.78, 5) is 2.04. The van der Waals surface area contributed by atoms with Gasteiger partial charge in [0.05, 0.1) is 0 Å². The lowest BCUT2D eigenvalue weighted by Crippen LogP contribution is -2.48. The van der Waals surface area contributed by atoms with Crippen molar-refractivity contribution in [1.82, 2.24) is 10.1 Å². The fourth-order valence-corrected chi connectivity index (χ4v) is 3.37. The van der Waals surface area contributed by atoms with Crippen molar-refractivity contribution in [2.45, 2.75) is 24.9 Å². The van der Waals surface area contributed by atoms with Crippen LogP contribution >= 0.6 is 0 Å². The number of benzene rings is 2. The summed E-state index contributed by atoms with van der Waals surface area (Å²) in [6.45, 7) is 1.57. The van der Waals surface area contributed by atoms with E-state index >= 15 is 0 Å². The van der Waals surface area contributed by atoms with Gasteiger partial charge in [-0.3, -0.25) is 10.1 Å². The van der Waals surface area contributed by atoms with E-state index in [0.29, 0.717) is 19.5 Å². The maximum absolute atomic E-state index is 14.1. The van der Waals surface area contributed by atoms with Crippen LogP contribution in [0.4, 0.5) is 8.78 Å². The Labute approximate surface area is 139 Å². The Morgan fingerprint density at radius 3 is 2.62 bits per heavy atom. The van der Waals surface area contributed by atoms with E-state index in [0.717, 1.165) is 23.8 Å². The summed E-state index contributed by atoms with van der Waals surface area (Å²) in [5, 5.41) is 21.0. The van der Waals surface area contributed by atoms with Crippen molar-refractivity contribution in [3.63, 3.8) is 0 Å². The molecule has 1 aliphatic rings. The van der Waals surface area contributed by atoms with Crippen LogP contribution in [-0.4, -0.2) is 34.5 Å². The van der Waals surface area contributed by atoms with E-state index in [1.54, 1.807) is 0 Å². The molecule has 2 atom stereocenters.